The molecule has 0 aromatic heterocycles. The van der Waals surface area contributed by atoms with E-state index in [0.29, 0.717) is 12.1 Å². The first-order valence-electron chi connectivity index (χ1n) is 6.57. The number of hydrogen-bond donors (Lipinski definition) is 1. The third-order valence-corrected chi connectivity index (χ3v) is 4.26. The number of halogens is 2. The monoisotopic (exact) mass is 314 g/mol. The largest absolute Gasteiger partial charge is 0.368 e. The zero-order valence-electron chi connectivity index (χ0n) is 10.9. The van der Waals surface area contributed by atoms with E-state index >= 15 is 0 Å². The minimum absolute atomic E-state index is 0.172. The van der Waals surface area contributed by atoms with Crippen LogP contribution in [-0.2, 0) is 0 Å². The van der Waals surface area contributed by atoms with Gasteiger partial charge in [-0.25, -0.2) is 4.39 Å². The molecule has 0 saturated carbocycles. The first-order chi connectivity index (χ1) is 8.61. The lowest BCUT2D eigenvalue weighted by molar-refractivity contribution is 0.373. The molecular weight excluding hydrogens is 295 g/mol. The Balaban J connectivity index is 2.12. The van der Waals surface area contributed by atoms with Gasteiger partial charge in [0.2, 0.25) is 0 Å². The lowest BCUT2D eigenvalue weighted by Crippen LogP contribution is -2.47. The Morgan fingerprint density at radius 3 is 2.94 bits per heavy atom. The van der Waals surface area contributed by atoms with E-state index in [1.54, 1.807) is 12.1 Å². The summed E-state index contributed by atoms with van der Waals surface area (Å²) in [6.07, 6.45) is 2.22. The summed E-state index contributed by atoms with van der Waals surface area (Å²) in [5.74, 6) is -0.172. The number of nitrogens with one attached hydrogen (secondary N) is 1. The van der Waals surface area contributed by atoms with E-state index in [4.69, 9.17) is 0 Å². The van der Waals surface area contributed by atoms with Crippen molar-refractivity contribution in [3.63, 3.8) is 0 Å². The van der Waals surface area contributed by atoms with E-state index in [2.05, 4.69) is 40.0 Å². The number of hydrogen-bond acceptors (Lipinski definition) is 2. The molecule has 1 fully saturated rings. The van der Waals surface area contributed by atoms with Crippen LogP contribution in [0.2, 0.25) is 0 Å². The van der Waals surface area contributed by atoms with Crippen molar-refractivity contribution < 1.29 is 4.39 Å². The van der Waals surface area contributed by atoms with Gasteiger partial charge in [0.15, 0.2) is 0 Å². The quantitative estimate of drug-likeness (QED) is 0.917. The van der Waals surface area contributed by atoms with Crippen molar-refractivity contribution in [1.29, 1.82) is 0 Å². The molecule has 0 aliphatic carbocycles. The summed E-state index contributed by atoms with van der Waals surface area (Å²) in [6.45, 7) is 6.34. The fraction of sp³-hybridized carbons (Fsp3) is 0.571. The van der Waals surface area contributed by atoms with E-state index < -0.39 is 0 Å². The molecule has 0 bridgehead atoms. The minimum Gasteiger partial charge on any atom is -0.368 e. The second kappa shape index (κ2) is 6.02. The summed E-state index contributed by atoms with van der Waals surface area (Å²) in [5, 5.41) is 3.50. The van der Waals surface area contributed by atoms with Crippen LogP contribution < -0.4 is 10.2 Å². The third-order valence-electron chi connectivity index (χ3n) is 3.59. The predicted octanol–water partition coefficient (Wildman–Crippen LogP) is 3.56. The van der Waals surface area contributed by atoms with Gasteiger partial charge in [-0.15, -0.1) is 0 Å². The Kier molecular flexibility index (Phi) is 4.62. The fourth-order valence-electron chi connectivity index (χ4n) is 2.71. The van der Waals surface area contributed by atoms with E-state index in [1.165, 1.54) is 6.07 Å². The van der Waals surface area contributed by atoms with E-state index in [0.717, 1.165) is 36.1 Å². The number of benzene rings is 1. The van der Waals surface area contributed by atoms with Gasteiger partial charge >= 0.3 is 0 Å². The van der Waals surface area contributed by atoms with Gasteiger partial charge in [-0.3, -0.25) is 0 Å². The number of rotatable bonds is 3. The van der Waals surface area contributed by atoms with Crippen LogP contribution in [0.5, 0.6) is 0 Å². The van der Waals surface area contributed by atoms with Crippen molar-refractivity contribution in [1.82, 2.24) is 5.32 Å². The van der Waals surface area contributed by atoms with Crippen LogP contribution in [0.3, 0.4) is 0 Å². The topological polar surface area (TPSA) is 15.3 Å². The summed E-state index contributed by atoms with van der Waals surface area (Å²) in [4.78, 5) is 2.29. The summed E-state index contributed by atoms with van der Waals surface area (Å²) >= 11 is 3.52. The highest BCUT2D eigenvalue weighted by Gasteiger charge is 2.26. The van der Waals surface area contributed by atoms with Gasteiger partial charge in [-0.1, -0.05) is 6.92 Å². The van der Waals surface area contributed by atoms with Gasteiger partial charge in [0.25, 0.3) is 0 Å². The Bertz CT molecular complexity index is 411. The van der Waals surface area contributed by atoms with Crippen LogP contribution in [0.25, 0.3) is 0 Å². The molecule has 0 radical (unpaired) electrons. The van der Waals surface area contributed by atoms with Crippen LogP contribution in [-0.4, -0.2) is 25.2 Å². The van der Waals surface area contributed by atoms with Gasteiger partial charge in [-0.05, 0) is 60.4 Å². The standard InChI is InChI=1S/C14H20BrFN2/c1-3-17-12-6-7-18(10(2)8-12)14-9-11(16)4-5-13(14)15/h4-5,9-10,12,17H,3,6-8H2,1-2H3. The molecule has 2 rings (SSSR count). The summed E-state index contributed by atoms with van der Waals surface area (Å²) in [5.41, 5.74) is 0.970. The first-order valence-corrected chi connectivity index (χ1v) is 7.36. The zero-order chi connectivity index (χ0) is 13.1. The normalized spacial score (nSPS) is 24.3. The van der Waals surface area contributed by atoms with Crippen LogP contribution in [0, 0.1) is 5.82 Å². The van der Waals surface area contributed by atoms with Gasteiger partial charge < -0.3 is 10.2 Å². The third kappa shape index (κ3) is 3.04. The van der Waals surface area contributed by atoms with Crippen molar-refractivity contribution in [3.8, 4) is 0 Å². The predicted molar refractivity (Wildman–Crippen MR) is 77.6 cm³/mol. The minimum atomic E-state index is -0.172. The van der Waals surface area contributed by atoms with Crippen molar-refractivity contribution in [2.45, 2.75) is 38.8 Å². The number of nitrogens with zero attached hydrogens (tertiary/aromatic N) is 1. The second-order valence-corrected chi connectivity index (χ2v) is 5.77. The smallest absolute Gasteiger partial charge is 0.125 e. The van der Waals surface area contributed by atoms with Crippen molar-refractivity contribution in [2.75, 3.05) is 18.0 Å². The summed E-state index contributed by atoms with van der Waals surface area (Å²) in [6, 6.07) is 5.92. The first kappa shape index (κ1) is 13.8. The van der Waals surface area contributed by atoms with Crippen LogP contribution in [0.4, 0.5) is 10.1 Å². The van der Waals surface area contributed by atoms with Crippen molar-refractivity contribution in [2.24, 2.45) is 0 Å². The van der Waals surface area contributed by atoms with Gasteiger partial charge in [0.05, 0.1) is 5.69 Å². The molecule has 2 nitrogen and oxygen atoms in total. The Morgan fingerprint density at radius 1 is 1.50 bits per heavy atom. The van der Waals surface area contributed by atoms with Crippen LogP contribution in [0.15, 0.2) is 22.7 Å². The lowest BCUT2D eigenvalue weighted by atomic mass is 9.97. The molecule has 0 amide bonds. The molecule has 1 aliphatic heterocycles. The molecule has 1 saturated heterocycles. The SMILES string of the molecule is CCNC1CCN(c2cc(F)ccc2Br)C(C)C1. The molecule has 1 heterocycles. The second-order valence-electron chi connectivity index (χ2n) is 4.92. The number of piperidine rings is 1. The summed E-state index contributed by atoms with van der Waals surface area (Å²) in [7, 11) is 0. The van der Waals surface area contributed by atoms with Gasteiger partial charge in [-0.2, -0.15) is 0 Å². The highest BCUT2D eigenvalue weighted by Crippen LogP contribution is 2.32. The molecule has 1 aromatic carbocycles. The van der Waals surface area contributed by atoms with E-state index in [1.807, 2.05) is 0 Å². The van der Waals surface area contributed by atoms with E-state index in [9.17, 15) is 4.39 Å². The zero-order valence-corrected chi connectivity index (χ0v) is 12.5. The van der Waals surface area contributed by atoms with Crippen LogP contribution >= 0.6 is 15.9 Å². The lowest BCUT2D eigenvalue weighted by Gasteiger charge is -2.40. The molecule has 2 atom stereocenters. The molecule has 4 heteroatoms. The Hall–Kier alpha value is -0.610. The molecule has 18 heavy (non-hydrogen) atoms. The average molecular weight is 315 g/mol. The highest BCUT2D eigenvalue weighted by molar-refractivity contribution is 9.10. The maximum atomic E-state index is 13.4. The molecule has 2 unspecified atom stereocenters. The molecular formula is C14H20BrFN2. The van der Waals surface area contributed by atoms with Gasteiger partial charge in [0, 0.05) is 23.1 Å². The van der Waals surface area contributed by atoms with Crippen molar-refractivity contribution in [3.05, 3.63) is 28.5 Å². The maximum Gasteiger partial charge on any atom is 0.125 e. The molecule has 1 aliphatic rings. The summed E-state index contributed by atoms with van der Waals surface area (Å²) < 4.78 is 14.3. The molecule has 100 valence electrons. The number of anilines is 1. The molecule has 0 spiro atoms. The Morgan fingerprint density at radius 2 is 2.28 bits per heavy atom. The Labute approximate surface area is 117 Å². The molecule has 1 aromatic rings. The van der Waals surface area contributed by atoms with Gasteiger partial charge in [0.1, 0.15) is 5.82 Å². The van der Waals surface area contributed by atoms with E-state index in [-0.39, 0.29) is 5.82 Å². The fourth-order valence-corrected chi connectivity index (χ4v) is 3.18. The average Bonchev–Trinajstić information content (AvgIpc) is 2.33. The van der Waals surface area contributed by atoms with Crippen LogP contribution in [0.1, 0.15) is 26.7 Å². The maximum absolute atomic E-state index is 13.4. The highest BCUT2D eigenvalue weighted by atomic mass is 79.9. The molecule has 1 N–H and O–H groups in total. The van der Waals surface area contributed by atoms with Crippen molar-refractivity contribution >= 4 is 21.6 Å².